The molecule has 4 heteroatoms. The van der Waals surface area contributed by atoms with E-state index >= 15 is 0 Å². The zero-order valence-electron chi connectivity index (χ0n) is 14.9. The molecule has 126 valence electrons. The lowest BCUT2D eigenvalue weighted by molar-refractivity contribution is -0.165. The highest BCUT2D eigenvalue weighted by atomic mass is 16.2. The lowest BCUT2D eigenvalue weighted by Crippen LogP contribution is -2.58. The van der Waals surface area contributed by atoms with E-state index in [9.17, 15) is 4.79 Å². The first kappa shape index (κ1) is 15.2. The van der Waals surface area contributed by atoms with Crippen LogP contribution < -0.4 is 5.32 Å². The summed E-state index contributed by atoms with van der Waals surface area (Å²) >= 11 is 0. The van der Waals surface area contributed by atoms with E-state index < -0.39 is 0 Å². The van der Waals surface area contributed by atoms with Crippen LogP contribution in [0.2, 0.25) is 0 Å². The molecule has 1 aromatic rings. The number of amides is 1. The van der Waals surface area contributed by atoms with Crippen molar-refractivity contribution in [2.45, 2.75) is 72.8 Å². The van der Waals surface area contributed by atoms with E-state index in [0.29, 0.717) is 10.8 Å². The van der Waals surface area contributed by atoms with Crippen LogP contribution in [-0.2, 0) is 11.3 Å². The summed E-state index contributed by atoms with van der Waals surface area (Å²) in [6.07, 6.45) is 8.98. The summed E-state index contributed by atoms with van der Waals surface area (Å²) in [7, 11) is 0. The molecule has 0 spiro atoms. The summed E-state index contributed by atoms with van der Waals surface area (Å²) in [5, 5.41) is 7.60. The van der Waals surface area contributed by atoms with Crippen molar-refractivity contribution < 1.29 is 4.79 Å². The van der Waals surface area contributed by atoms with Crippen LogP contribution in [0.5, 0.6) is 0 Å². The number of rotatable bonds is 3. The highest BCUT2D eigenvalue weighted by Crippen LogP contribution is 2.69. The van der Waals surface area contributed by atoms with E-state index in [1.807, 2.05) is 11.6 Å². The highest BCUT2D eigenvalue weighted by molar-refractivity contribution is 5.96. The Morgan fingerprint density at radius 1 is 1.26 bits per heavy atom. The molecule has 1 N–H and O–H groups in total. The maximum Gasteiger partial charge on any atom is 0.230 e. The maximum atomic E-state index is 13.3. The lowest BCUT2D eigenvalue weighted by Gasteiger charge is -2.64. The van der Waals surface area contributed by atoms with Crippen molar-refractivity contribution >= 4 is 11.6 Å². The number of anilines is 1. The van der Waals surface area contributed by atoms with Crippen molar-refractivity contribution in [3.8, 4) is 0 Å². The van der Waals surface area contributed by atoms with Gasteiger partial charge in [-0.05, 0) is 69.1 Å². The molecule has 4 fully saturated rings. The number of hydrogen-bond donors (Lipinski definition) is 1. The quantitative estimate of drug-likeness (QED) is 0.911. The van der Waals surface area contributed by atoms with Gasteiger partial charge >= 0.3 is 0 Å². The molecule has 0 aliphatic heterocycles. The Bertz CT molecular complexity index is 644. The molecule has 0 radical (unpaired) electrons. The van der Waals surface area contributed by atoms with E-state index in [0.717, 1.165) is 43.1 Å². The van der Waals surface area contributed by atoms with Gasteiger partial charge in [0.1, 0.15) is 0 Å². The number of nitrogens with zero attached hydrogens (tertiary/aromatic N) is 2. The van der Waals surface area contributed by atoms with Crippen molar-refractivity contribution in [1.29, 1.82) is 0 Å². The van der Waals surface area contributed by atoms with E-state index in [1.165, 1.54) is 19.3 Å². The van der Waals surface area contributed by atoms with E-state index in [1.54, 1.807) is 6.20 Å². The topological polar surface area (TPSA) is 46.9 Å². The molecule has 4 atom stereocenters. The molecular weight excluding hydrogens is 286 g/mol. The van der Waals surface area contributed by atoms with Crippen LogP contribution in [0.25, 0.3) is 0 Å². The monoisotopic (exact) mass is 315 g/mol. The number of aromatic nitrogens is 2. The first-order chi connectivity index (χ1) is 10.8. The van der Waals surface area contributed by atoms with E-state index in [2.05, 4.69) is 31.2 Å². The average Bonchev–Trinajstić information content (AvgIpc) is 2.75. The van der Waals surface area contributed by atoms with Gasteiger partial charge in [-0.15, -0.1) is 0 Å². The lowest BCUT2D eigenvalue weighted by atomic mass is 9.40. The molecule has 4 aliphatic carbocycles. The van der Waals surface area contributed by atoms with Crippen molar-refractivity contribution in [2.24, 2.45) is 22.2 Å². The van der Waals surface area contributed by atoms with E-state index in [4.69, 9.17) is 0 Å². The van der Waals surface area contributed by atoms with Crippen LogP contribution in [0.3, 0.4) is 0 Å². The van der Waals surface area contributed by atoms with Crippen LogP contribution >= 0.6 is 0 Å². The first-order valence-electron chi connectivity index (χ1n) is 9.10. The second kappa shape index (κ2) is 4.61. The Morgan fingerprint density at radius 3 is 2.43 bits per heavy atom. The average molecular weight is 315 g/mol. The third-order valence-electron chi connectivity index (χ3n) is 6.76. The number of nitrogens with one attached hydrogen (secondary N) is 1. The first-order valence-corrected chi connectivity index (χ1v) is 9.10. The number of carbonyl (C=O) groups excluding carboxylic acids is 1. The van der Waals surface area contributed by atoms with Crippen LogP contribution in [0.15, 0.2) is 6.20 Å². The molecule has 4 bridgehead atoms. The molecule has 4 nitrogen and oxygen atoms in total. The van der Waals surface area contributed by atoms with Crippen molar-refractivity contribution in [1.82, 2.24) is 9.78 Å². The third kappa shape index (κ3) is 2.25. The normalized spacial score (nSPS) is 41.3. The van der Waals surface area contributed by atoms with Crippen molar-refractivity contribution in [3.63, 3.8) is 0 Å². The molecule has 0 saturated heterocycles. The third-order valence-corrected chi connectivity index (χ3v) is 6.76. The molecular formula is C19H29N3O. The fraction of sp³-hybridized carbons (Fsp3) is 0.789. The van der Waals surface area contributed by atoms with Gasteiger partial charge in [0.15, 0.2) is 0 Å². The second-order valence-corrected chi connectivity index (χ2v) is 9.32. The minimum atomic E-state index is -0.149. The fourth-order valence-electron chi connectivity index (χ4n) is 6.84. The maximum absolute atomic E-state index is 13.3. The molecule has 23 heavy (non-hydrogen) atoms. The summed E-state index contributed by atoms with van der Waals surface area (Å²) < 4.78 is 1.94. The molecule has 5 rings (SSSR count). The van der Waals surface area contributed by atoms with Crippen molar-refractivity contribution in [3.05, 3.63) is 11.9 Å². The van der Waals surface area contributed by atoms with Gasteiger partial charge in [-0.25, -0.2) is 0 Å². The van der Waals surface area contributed by atoms with Crippen LogP contribution in [-0.4, -0.2) is 15.7 Å². The van der Waals surface area contributed by atoms with Crippen LogP contribution in [0, 0.1) is 29.1 Å². The van der Waals surface area contributed by atoms with Gasteiger partial charge in [0, 0.05) is 6.54 Å². The Balaban J connectivity index is 1.62. The minimum absolute atomic E-state index is 0.149. The molecule has 1 aromatic heterocycles. The Kier molecular flexibility index (Phi) is 3.05. The summed E-state index contributed by atoms with van der Waals surface area (Å²) in [6.45, 7) is 9.78. The van der Waals surface area contributed by atoms with Gasteiger partial charge < -0.3 is 5.32 Å². The van der Waals surface area contributed by atoms with Gasteiger partial charge in [0.2, 0.25) is 5.91 Å². The summed E-state index contributed by atoms with van der Waals surface area (Å²) in [5.74, 6) is 0.990. The fourth-order valence-corrected chi connectivity index (χ4v) is 6.84. The smallest absolute Gasteiger partial charge is 0.230 e. The van der Waals surface area contributed by atoms with Crippen LogP contribution in [0.4, 0.5) is 5.69 Å². The van der Waals surface area contributed by atoms with Gasteiger partial charge in [0.05, 0.1) is 23.0 Å². The summed E-state index contributed by atoms with van der Waals surface area (Å²) in [6, 6.07) is 0. The predicted octanol–water partition coefficient (Wildman–Crippen LogP) is 4.15. The second-order valence-electron chi connectivity index (χ2n) is 9.32. The minimum Gasteiger partial charge on any atom is -0.323 e. The summed E-state index contributed by atoms with van der Waals surface area (Å²) in [4.78, 5) is 13.3. The molecule has 0 aromatic carbocycles. The molecule has 2 unspecified atom stereocenters. The molecule has 1 amide bonds. The highest BCUT2D eigenvalue weighted by Gasteiger charge is 2.62. The standard InChI is InChI=1S/C19H29N3O/c1-5-22-13(2)15(9-20-22)21-16(23)19-8-14-6-17(3,11-19)10-18(4,7-14)12-19/h9,14H,5-8,10-12H2,1-4H3,(H,21,23)/t14?,17-,18+,19?. The Hall–Kier alpha value is -1.32. The number of aryl methyl sites for hydroxylation is 1. The molecule has 4 saturated carbocycles. The van der Waals surface area contributed by atoms with E-state index in [-0.39, 0.29) is 11.3 Å². The number of carbonyl (C=O) groups is 1. The SMILES string of the molecule is CCn1ncc(NC(=O)C23CC4C[C@@](C)(C2)C[C@](C)(C4)C3)c1C. The Morgan fingerprint density at radius 2 is 1.91 bits per heavy atom. The molecule has 4 aliphatic rings. The Labute approximate surface area is 139 Å². The van der Waals surface area contributed by atoms with Gasteiger partial charge in [-0.3, -0.25) is 9.48 Å². The predicted molar refractivity (Wildman–Crippen MR) is 91.1 cm³/mol. The number of hydrogen-bond acceptors (Lipinski definition) is 2. The van der Waals surface area contributed by atoms with Gasteiger partial charge in [0.25, 0.3) is 0 Å². The van der Waals surface area contributed by atoms with Gasteiger partial charge in [-0.2, -0.15) is 5.10 Å². The van der Waals surface area contributed by atoms with Gasteiger partial charge in [-0.1, -0.05) is 13.8 Å². The summed E-state index contributed by atoms with van der Waals surface area (Å²) in [5.41, 5.74) is 2.54. The van der Waals surface area contributed by atoms with Crippen LogP contribution in [0.1, 0.15) is 65.0 Å². The largest absolute Gasteiger partial charge is 0.323 e. The van der Waals surface area contributed by atoms with Crippen molar-refractivity contribution in [2.75, 3.05) is 5.32 Å². The zero-order valence-corrected chi connectivity index (χ0v) is 14.9. The molecule has 1 heterocycles. The zero-order chi connectivity index (χ0) is 16.5.